The van der Waals surface area contributed by atoms with Crippen molar-refractivity contribution in [2.75, 3.05) is 19.5 Å². The molecule has 0 saturated heterocycles. The number of halogens is 2. The number of hydrogen-bond donors (Lipinski definition) is 1. The fraction of sp³-hybridized carbons (Fsp3) is 0.273. The SMILES string of the molecule is COc1ccc(NC(=O)C[n+]2cc(-c3ccc(Cl)c(Cl)c3)n3c2CCC3)c(OC)c1. The predicted octanol–water partition coefficient (Wildman–Crippen LogP) is 4.35. The van der Waals surface area contributed by atoms with E-state index in [-0.39, 0.29) is 12.5 Å². The molecular weight excluding hydrogens is 425 g/mol. The molecule has 0 spiro atoms. The lowest BCUT2D eigenvalue weighted by Gasteiger charge is -2.11. The molecule has 0 bridgehead atoms. The van der Waals surface area contributed by atoms with Crippen molar-refractivity contribution < 1.29 is 18.8 Å². The van der Waals surface area contributed by atoms with Crippen LogP contribution < -0.4 is 19.4 Å². The van der Waals surface area contributed by atoms with E-state index in [1.165, 1.54) is 0 Å². The van der Waals surface area contributed by atoms with E-state index in [1.54, 1.807) is 38.5 Å². The number of rotatable bonds is 6. The van der Waals surface area contributed by atoms with E-state index in [4.69, 9.17) is 32.7 Å². The van der Waals surface area contributed by atoms with Gasteiger partial charge in [0.25, 0.3) is 11.7 Å². The summed E-state index contributed by atoms with van der Waals surface area (Å²) in [6.07, 6.45) is 3.96. The third-order valence-corrected chi connectivity index (χ3v) is 5.95. The Morgan fingerprint density at radius 1 is 1.13 bits per heavy atom. The number of anilines is 1. The molecule has 0 unspecified atom stereocenters. The molecule has 1 aliphatic heterocycles. The lowest BCUT2D eigenvalue weighted by atomic mass is 10.1. The number of imidazole rings is 1. The van der Waals surface area contributed by atoms with Gasteiger partial charge < -0.3 is 14.8 Å². The summed E-state index contributed by atoms with van der Waals surface area (Å²) in [4.78, 5) is 12.8. The number of hydrogen-bond acceptors (Lipinski definition) is 3. The number of fused-ring (bicyclic) bond motifs is 1. The molecule has 2 aromatic carbocycles. The molecule has 4 rings (SSSR count). The molecular formula is C22H22Cl2N3O3+. The lowest BCUT2D eigenvalue weighted by Crippen LogP contribution is -2.42. The van der Waals surface area contributed by atoms with E-state index in [9.17, 15) is 4.79 Å². The molecule has 3 aromatic rings. The summed E-state index contributed by atoms with van der Waals surface area (Å²) in [6, 6.07) is 10.9. The maximum atomic E-state index is 12.8. The van der Waals surface area contributed by atoms with Crippen molar-refractivity contribution in [1.29, 1.82) is 0 Å². The minimum Gasteiger partial charge on any atom is -0.497 e. The highest BCUT2D eigenvalue weighted by molar-refractivity contribution is 6.42. The van der Waals surface area contributed by atoms with Crippen molar-refractivity contribution in [3.8, 4) is 22.8 Å². The van der Waals surface area contributed by atoms with E-state index in [0.29, 0.717) is 27.2 Å². The van der Waals surface area contributed by atoms with Crippen LogP contribution in [0.3, 0.4) is 0 Å². The Hall–Kier alpha value is -2.70. The van der Waals surface area contributed by atoms with Crippen molar-refractivity contribution in [1.82, 2.24) is 4.57 Å². The van der Waals surface area contributed by atoms with Crippen LogP contribution in [-0.2, 0) is 24.3 Å². The molecule has 1 N–H and O–H groups in total. The number of carbonyl (C=O) groups excluding carboxylic acids is 1. The van der Waals surface area contributed by atoms with Gasteiger partial charge >= 0.3 is 0 Å². The first-order valence-corrected chi connectivity index (χ1v) is 10.3. The van der Waals surface area contributed by atoms with Gasteiger partial charge in [0.05, 0.1) is 42.9 Å². The monoisotopic (exact) mass is 446 g/mol. The summed E-state index contributed by atoms with van der Waals surface area (Å²) < 4.78 is 14.8. The second kappa shape index (κ2) is 8.58. The minimum atomic E-state index is -0.135. The number of nitrogens with zero attached hydrogens (tertiary/aromatic N) is 2. The average Bonchev–Trinajstić information content (AvgIpc) is 3.34. The Morgan fingerprint density at radius 2 is 1.97 bits per heavy atom. The molecule has 0 atom stereocenters. The number of aromatic nitrogens is 2. The van der Waals surface area contributed by atoms with Crippen molar-refractivity contribution >= 4 is 34.8 Å². The van der Waals surface area contributed by atoms with Crippen molar-refractivity contribution in [2.24, 2.45) is 0 Å². The summed E-state index contributed by atoms with van der Waals surface area (Å²) in [5, 5.41) is 3.97. The lowest BCUT2D eigenvalue weighted by molar-refractivity contribution is -0.690. The highest BCUT2D eigenvalue weighted by atomic mass is 35.5. The third kappa shape index (κ3) is 3.98. The Balaban J connectivity index is 1.58. The highest BCUT2D eigenvalue weighted by Gasteiger charge is 2.30. The number of nitrogens with one attached hydrogen (secondary N) is 1. The highest BCUT2D eigenvalue weighted by Crippen LogP contribution is 2.31. The summed E-state index contributed by atoms with van der Waals surface area (Å²) in [6.45, 7) is 1.11. The smallest absolute Gasteiger partial charge is 0.266 e. The maximum absolute atomic E-state index is 12.8. The molecule has 6 nitrogen and oxygen atoms in total. The van der Waals surface area contributed by atoms with E-state index in [2.05, 4.69) is 9.88 Å². The molecule has 0 saturated carbocycles. The summed E-state index contributed by atoms with van der Waals surface area (Å²) in [7, 11) is 3.15. The molecule has 1 aromatic heterocycles. The van der Waals surface area contributed by atoms with Gasteiger partial charge in [-0.25, -0.2) is 9.13 Å². The van der Waals surface area contributed by atoms with Gasteiger partial charge in [0.2, 0.25) is 0 Å². The van der Waals surface area contributed by atoms with Crippen LogP contribution >= 0.6 is 23.2 Å². The molecule has 8 heteroatoms. The van der Waals surface area contributed by atoms with Gasteiger partial charge in [0, 0.05) is 11.6 Å². The van der Waals surface area contributed by atoms with Crippen LogP contribution in [0.25, 0.3) is 11.3 Å². The molecule has 2 heterocycles. The zero-order valence-electron chi connectivity index (χ0n) is 16.7. The van der Waals surface area contributed by atoms with Gasteiger partial charge in [0.1, 0.15) is 17.7 Å². The van der Waals surface area contributed by atoms with Crippen molar-refractivity contribution in [3.63, 3.8) is 0 Å². The molecule has 1 amide bonds. The Labute approximate surface area is 184 Å². The van der Waals surface area contributed by atoms with Gasteiger partial charge in [0.15, 0.2) is 12.2 Å². The summed E-state index contributed by atoms with van der Waals surface area (Å²) in [5.41, 5.74) is 2.60. The molecule has 0 aliphatic carbocycles. The molecule has 1 aliphatic rings. The number of methoxy groups -OCH3 is 2. The molecule has 0 radical (unpaired) electrons. The van der Waals surface area contributed by atoms with E-state index < -0.39 is 0 Å². The predicted molar refractivity (Wildman–Crippen MR) is 117 cm³/mol. The summed E-state index contributed by atoms with van der Waals surface area (Å²) >= 11 is 12.3. The topological polar surface area (TPSA) is 56.4 Å². The molecule has 30 heavy (non-hydrogen) atoms. The third-order valence-electron chi connectivity index (χ3n) is 5.21. The van der Waals surface area contributed by atoms with Gasteiger partial charge in [-0.2, -0.15) is 0 Å². The second-order valence-corrected chi connectivity index (χ2v) is 7.87. The zero-order chi connectivity index (χ0) is 21.3. The Kier molecular flexibility index (Phi) is 5.88. The van der Waals surface area contributed by atoms with E-state index in [1.807, 2.05) is 22.9 Å². The van der Waals surface area contributed by atoms with Crippen LogP contribution in [0.2, 0.25) is 10.0 Å². The number of carbonyl (C=O) groups is 1. The van der Waals surface area contributed by atoms with Crippen LogP contribution in [0.4, 0.5) is 5.69 Å². The van der Waals surface area contributed by atoms with Crippen LogP contribution in [0, 0.1) is 0 Å². The average molecular weight is 447 g/mol. The number of benzene rings is 2. The normalized spacial score (nSPS) is 12.5. The standard InChI is InChI=1S/C22H21Cl2N3O3/c1-29-15-6-8-18(20(11-15)30-2)25-21(28)13-26-12-19(27-9-3-4-22(26)27)14-5-7-16(23)17(24)10-14/h5-8,10-12H,3-4,9,13H2,1-2H3/p+1. The van der Waals surface area contributed by atoms with Crippen LogP contribution in [-0.4, -0.2) is 24.7 Å². The molecule has 156 valence electrons. The first kappa shape index (κ1) is 20.6. The fourth-order valence-electron chi connectivity index (χ4n) is 3.78. The minimum absolute atomic E-state index is 0.135. The van der Waals surface area contributed by atoms with Gasteiger partial charge in [-0.3, -0.25) is 4.79 Å². The Morgan fingerprint density at radius 3 is 2.70 bits per heavy atom. The van der Waals surface area contributed by atoms with Crippen LogP contribution in [0.15, 0.2) is 42.6 Å². The molecule has 0 fully saturated rings. The number of ether oxygens (including phenoxy) is 2. The van der Waals surface area contributed by atoms with Gasteiger partial charge in [-0.1, -0.05) is 23.2 Å². The summed E-state index contributed by atoms with van der Waals surface area (Å²) in [5.74, 6) is 2.19. The van der Waals surface area contributed by atoms with Crippen molar-refractivity contribution in [2.45, 2.75) is 25.9 Å². The largest absolute Gasteiger partial charge is 0.497 e. The first-order chi connectivity index (χ1) is 14.5. The fourth-order valence-corrected chi connectivity index (χ4v) is 4.08. The van der Waals surface area contributed by atoms with Gasteiger partial charge in [-0.05, 0) is 36.8 Å². The Bertz CT molecular complexity index is 1110. The quantitative estimate of drug-likeness (QED) is 0.572. The van der Waals surface area contributed by atoms with Gasteiger partial charge in [-0.15, -0.1) is 0 Å². The van der Waals surface area contributed by atoms with E-state index >= 15 is 0 Å². The van der Waals surface area contributed by atoms with Crippen molar-refractivity contribution in [3.05, 3.63) is 58.5 Å². The zero-order valence-corrected chi connectivity index (χ0v) is 18.3. The number of amides is 1. The second-order valence-electron chi connectivity index (χ2n) is 7.06. The first-order valence-electron chi connectivity index (χ1n) is 9.59. The van der Waals surface area contributed by atoms with E-state index in [0.717, 1.165) is 36.5 Å². The van der Waals surface area contributed by atoms with Crippen LogP contribution in [0.1, 0.15) is 12.2 Å². The van der Waals surface area contributed by atoms with Crippen LogP contribution in [0.5, 0.6) is 11.5 Å². The maximum Gasteiger partial charge on any atom is 0.266 e.